The predicted molar refractivity (Wildman–Crippen MR) is 76.5 cm³/mol. The number of amides is 1. The van der Waals surface area contributed by atoms with Gasteiger partial charge < -0.3 is 0 Å². The summed E-state index contributed by atoms with van der Waals surface area (Å²) in [4.78, 5) is 17.8. The SMILES string of the molecule is O=C(NOC1CCCCCCC1)C1CCCCCC1. The van der Waals surface area contributed by atoms with Crippen LogP contribution in [0.25, 0.3) is 0 Å². The molecule has 0 saturated heterocycles. The molecular weight excluding hydrogens is 238 g/mol. The van der Waals surface area contributed by atoms with Crippen LogP contribution in [-0.2, 0) is 9.63 Å². The lowest BCUT2D eigenvalue weighted by Crippen LogP contribution is -2.34. The molecule has 0 bridgehead atoms. The van der Waals surface area contributed by atoms with Crippen molar-refractivity contribution in [3.63, 3.8) is 0 Å². The van der Waals surface area contributed by atoms with Crippen LogP contribution in [0.5, 0.6) is 0 Å². The van der Waals surface area contributed by atoms with Crippen LogP contribution in [0.3, 0.4) is 0 Å². The molecule has 0 atom stereocenters. The van der Waals surface area contributed by atoms with E-state index in [9.17, 15) is 4.79 Å². The molecule has 0 aromatic heterocycles. The monoisotopic (exact) mass is 267 g/mol. The van der Waals surface area contributed by atoms with Gasteiger partial charge in [0.15, 0.2) is 0 Å². The van der Waals surface area contributed by atoms with Crippen LogP contribution in [-0.4, -0.2) is 12.0 Å². The average Bonchev–Trinajstić information content (AvgIpc) is 2.66. The summed E-state index contributed by atoms with van der Waals surface area (Å²) < 4.78 is 0. The van der Waals surface area contributed by atoms with E-state index in [2.05, 4.69) is 5.48 Å². The van der Waals surface area contributed by atoms with Crippen LogP contribution in [0.4, 0.5) is 0 Å². The third kappa shape index (κ3) is 5.52. The second kappa shape index (κ2) is 8.57. The standard InChI is InChI=1S/C16H29NO2/c18-16(14-10-6-4-5-7-11-14)17-19-15-12-8-2-1-3-9-13-15/h14-15H,1-13H2,(H,17,18). The quantitative estimate of drug-likeness (QED) is 0.617. The molecule has 19 heavy (non-hydrogen) atoms. The fourth-order valence-electron chi connectivity index (χ4n) is 3.30. The maximum atomic E-state index is 12.1. The molecule has 1 amide bonds. The zero-order valence-electron chi connectivity index (χ0n) is 12.2. The fraction of sp³-hybridized carbons (Fsp3) is 0.938. The Morgan fingerprint density at radius 1 is 0.737 bits per heavy atom. The van der Waals surface area contributed by atoms with Gasteiger partial charge in [-0.25, -0.2) is 5.48 Å². The number of nitrogens with one attached hydrogen (secondary N) is 1. The molecule has 0 spiro atoms. The lowest BCUT2D eigenvalue weighted by molar-refractivity contribution is -0.144. The number of carbonyl (C=O) groups excluding carboxylic acids is 1. The van der Waals surface area contributed by atoms with Crippen molar-refractivity contribution in [1.82, 2.24) is 5.48 Å². The van der Waals surface area contributed by atoms with Crippen molar-refractivity contribution < 1.29 is 9.63 Å². The van der Waals surface area contributed by atoms with E-state index in [4.69, 9.17) is 4.84 Å². The molecule has 2 fully saturated rings. The highest BCUT2D eigenvalue weighted by Gasteiger charge is 2.21. The first kappa shape index (κ1) is 14.8. The van der Waals surface area contributed by atoms with Crippen molar-refractivity contribution in [1.29, 1.82) is 0 Å². The van der Waals surface area contributed by atoms with Gasteiger partial charge in [-0.15, -0.1) is 0 Å². The van der Waals surface area contributed by atoms with Crippen LogP contribution in [0.1, 0.15) is 83.5 Å². The summed E-state index contributed by atoms with van der Waals surface area (Å²) in [5.74, 6) is 0.319. The number of hydroxylamine groups is 1. The summed E-state index contributed by atoms with van der Waals surface area (Å²) in [7, 11) is 0. The Balaban J connectivity index is 1.69. The Morgan fingerprint density at radius 2 is 1.21 bits per heavy atom. The van der Waals surface area contributed by atoms with Gasteiger partial charge in [0, 0.05) is 5.92 Å². The molecular formula is C16H29NO2. The van der Waals surface area contributed by atoms with E-state index < -0.39 is 0 Å². The molecule has 2 aliphatic carbocycles. The average molecular weight is 267 g/mol. The van der Waals surface area contributed by atoms with Crippen molar-refractivity contribution >= 4 is 5.91 Å². The van der Waals surface area contributed by atoms with Crippen LogP contribution in [0.2, 0.25) is 0 Å². The van der Waals surface area contributed by atoms with Gasteiger partial charge in [-0.1, -0.05) is 57.8 Å². The highest BCUT2D eigenvalue weighted by molar-refractivity contribution is 5.77. The Labute approximate surface area is 117 Å². The van der Waals surface area contributed by atoms with Gasteiger partial charge in [0.25, 0.3) is 0 Å². The highest BCUT2D eigenvalue weighted by Crippen LogP contribution is 2.23. The van der Waals surface area contributed by atoms with Gasteiger partial charge >= 0.3 is 0 Å². The van der Waals surface area contributed by atoms with Gasteiger partial charge in [0.05, 0.1) is 6.10 Å². The third-order valence-electron chi connectivity index (χ3n) is 4.60. The Morgan fingerprint density at radius 3 is 1.79 bits per heavy atom. The van der Waals surface area contributed by atoms with E-state index in [1.165, 1.54) is 57.8 Å². The van der Waals surface area contributed by atoms with E-state index in [0.717, 1.165) is 25.7 Å². The fourth-order valence-corrected chi connectivity index (χ4v) is 3.30. The first-order chi connectivity index (χ1) is 9.36. The molecule has 3 heteroatoms. The number of hydrogen-bond acceptors (Lipinski definition) is 2. The van der Waals surface area contributed by atoms with Crippen molar-refractivity contribution in [3.8, 4) is 0 Å². The molecule has 0 radical (unpaired) electrons. The summed E-state index contributed by atoms with van der Waals surface area (Å²) in [6.07, 6.45) is 16.0. The van der Waals surface area contributed by atoms with Gasteiger partial charge in [0.2, 0.25) is 5.91 Å². The second-order valence-electron chi connectivity index (χ2n) is 6.24. The zero-order chi connectivity index (χ0) is 13.3. The third-order valence-corrected chi connectivity index (χ3v) is 4.60. The number of carbonyl (C=O) groups is 1. The summed E-state index contributed by atoms with van der Waals surface area (Å²) in [6, 6.07) is 0. The predicted octanol–water partition coefficient (Wildman–Crippen LogP) is 4.12. The molecule has 0 aromatic carbocycles. The van der Waals surface area contributed by atoms with E-state index >= 15 is 0 Å². The van der Waals surface area contributed by atoms with Gasteiger partial charge in [-0.2, -0.15) is 0 Å². The Kier molecular flexibility index (Phi) is 6.69. The molecule has 0 heterocycles. The van der Waals surface area contributed by atoms with Crippen molar-refractivity contribution in [2.45, 2.75) is 89.6 Å². The summed E-state index contributed by atoms with van der Waals surface area (Å²) >= 11 is 0. The van der Waals surface area contributed by atoms with Crippen LogP contribution in [0, 0.1) is 5.92 Å². The van der Waals surface area contributed by atoms with Crippen molar-refractivity contribution in [2.75, 3.05) is 0 Å². The largest absolute Gasteiger partial charge is 0.273 e. The summed E-state index contributed by atoms with van der Waals surface area (Å²) in [6.45, 7) is 0. The smallest absolute Gasteiger partial charge is 0.246 e. The van der Waals surface area contributed by atoms with Crippen molar-refractivity contribution in [2.24, 2.45) is 5.92 Å². The van der Waals surface area contributed by atoms with Crippen LogP contribution >= 0.6 is 0 Å². The lowest BCUT2D eigenvalue weighted by atomic mass is 9.99. The normalized spacial score (nSPS) is 24.2. The zero-order valence-corrected chi connectivity index (χ0v) is 12.2. The van der Waals surface area contributed by atoms with E-state index in [1.807, 2.05) is 0 Å². The topological polar surface area (TPSA) is 38.3 Å². The molecule has 1 N–H and O–H groups in total. The van der Waals surface area contributed by atoms with Crippen LogP contribution in [0.15, 0.2) is 0 Å². The van der Waals surface area contributed by atoms with Crippen molar-refractivity contribution in [3.05, 3.63) is 0 Å². The van der Waals surface area contributed by atoms with E-state index in [-0.39, 0.29) is 17.9 Å². The summed E-state index contributed by atoms with van der Waals surface area (Å²) in [5, 5.41) is 0. The molecule has 2 rings (SSSR count). The lowest BCUT2D eigenvalue weighted by Gasteiger charge is -2.21. The highest BCUT2D eigenvalue weighted by atomic mass is 16.7. The first-order valence-electron chi connectivity index (χ1n) is 8.32. The number of rotatable bonds is 3. The molecule has 0 aliphatic heterocycles. The maximum Gasteiger partial charge on any atom is 0.246 e. The summed E-state index contributed by atoms with van der Waals surface area (Å²) in [5.41, 5.74) is 2.76. The molecule has 3 nitrogen and oxygen atoms in total. The molecule has 0 unspecified atom stereocenters. The minimum atomic E-state index is 0.129. The van der Waals surface area contributed by atoms with Gasteiger partial charge in [0.1, 0.15) is 0 Å². The van der Waals surface area contributed by atoms with Gasteiger partial charge in [-0.3, -0.25) is 9.63 Å². The molecule has 2 aliphatic rings. The Hall–Kier alpha value is -0.570. The molecule has 110 valence electrons. The maximum absolute atomic E-state index is 12.1. The first-order valence-corrected chi connectivity index (χ1v) is 8.32. The minimum absolute atomic E-state index is 0.129. The second-order valence-corrected chi connectivity index (χ2v) is 6.24. The molecule has 0 aromatic rings. The van der Waals surface area contributed by atoms with Crippen LogP contribution < -0.4 is 5.48 Å². The Bertz CT molecular complexity index is 251. The molecule has 2 saturated carbocycles. The van der Waals surface area contributed by atoms with E-state index in [0.29, 0.717) is 0 Å². The van der Waals surface area contributed by atoms with Gasteiger partial charge in [-0.05, 0) is 25.7 Å². The minimum Gasteiger partial charge on any atom is -0.273 e. The van der Waals surface area contributed by atoms with E-state index in [1.54, 1.807) is 0 Å². The number of hydrogen-bond donors (Lipinski definition) is 1.